The summed E-state index contributed by atoms with van der Waals surface area (Å²) in [5.74, 6) is 0. The SMILES string of the molecule is CCN1CCN(C2(c3ccc(N)c(C4=CCC5(CCCC5)CC4)c3)CCCC2)CC1. The summed E-state index contributed by atoms with van der Waals surface area (Å²) in [5.41, 5.74) is 12.8. The van der Waals surface area contributed by atoms with Crippen molar-refractivity contribution in [2.24, 2.45) is 5.41 Å². The first-order valence-corrected chi connectivity index (χ1v) is 12.7. The van der Waals surface area contributed by atoms with Crippen LogP contribution in [0, 0.1) is 5.41 Å². The van der Waals surface area contributed by atoms with Gasteiger partial charge in [-0.05, 0) is 80.2 Å². The van der Waals surface area contributed by atoms with Gasteiger partial charge in [0.2, 0.25) is 0 Å². The molecule has 0 amide bonds. The van der Waals surface area contributed by atoms with E-state index in [9.17, 15) is 0 Å². The summed E-state index contributed by atoms with van der Waals surface area (Å²) in [6.45, 7) is 8.32. The van der Waals surface area contributed by atoms with E-state index in [2.05, 4.69) is 41.0 Å². The number of nitrogens with two attached hydrogens (primary N) is 1. The predicted molar refractivity (Wildman–Crippen MR) is 127 cm³/mol. The number of likely N-dealkylation sites (N-methyl/N-ethyl adjacent to an activating group) is 1. The Morgan fingerprint density at radius 1 is 0.900 bits per heavy atom. The maximum Gasteiger partial charge on any atom is 0.0461 e. The van der Waals surface area contributed by atoms with Gasteiger partial charge in [0.25, 0.3) is 0 Å². The van der Waals surface area contributed by atoms with Crippen LogP contribution in [0.4, 0.5) is 5.69 Å². The minimum atomic E-state index is 0.240. The van der Waals surface area contributed by atoms with Crippen LogP contribution in [0.1, 0.15) is 88.7 Å². The zero-order chi connectivity index (χ0) is 20.6. The second kappa shape index (κ2) is 8.31. The minimum absolute atomic E-state index is 0.240. The molecule has 3 aliphatic carbocycles. The maximum absolute atomic E-state index is 6.56. The molecule has 164 valence electrons. The van der Waals surface area contributed by atoms with E-state index in [0.717, 1.165) is 5.69 Å². The standard InChI is InChI=1S/C27H41N3/c1-2-29-17-19-30(20-18-29)27(13-5-6-14-27)23-7-8-25(28)24(21-23)22-9-15-26(16-10-22)11-3-4-12-26/h7-9,21H,2-6,10-20,28H2,1H3. The molecule has 5 rings (SSSR count). The Labute approximate surface area is 183 Å². The number of nitrogen functional groups attached to an aromatic ring is 1. The number of piperazine rings is 1. The Morgan fingerprint density at radius 2 is 1.60 bits per heavy atom. The van der Waals surface area contributed by atoms with Gasteiger partial charge < -0.3 is 10.6 Å². The number of rotatable bonds is 4. The fourth-order valence-corrected chi connectivity index (χ4v) is 7.13. The molecule has 1 aromatic rings. The molecule has 2 N–H and O–H groups in total. The molecule has 0 bridgehead atoms. The van der Waals surface area contributed by atoms with E-state index in [-0.39, 0.29) is 5.54 Å². The van der Waals surface area contributed by atoms with Crippen molar-refractivity contribution >= 4 is 11.3 Å². The average Bonchev–Trinajstić information content (AvgIpc) is 3.46. The molecule has 1 aliphatic heterocycles. The maximum atomic E-state index is 6.56. The average molecular weight is 408 g/mol. The number of hydrogen-bond donors (Lipinski definition) is 1. The Morgan fingerprint density at radius 3 is 2.23 bits per heavy atom. The predicted octanol–water partition coefficient (Wildman–Crippen LogP) is 5.80. The van der Waals surface area contributed by atoms with Crippen molar-refractivity contribution < 1.29 is 0 Å². The van der Waals surface area contributed by atoms with Crippen molar-refractivity contribution in [3.05, 3.63) is 35.4 Å². The molecular weight excluding hydrogens is 366 g/mol. The van der Waals surface area contributed by atoms with Gasteiger partial charge in [-0.3, -0.25) is 4.90 Å². The lowest BCUT2D eigenvalue weighted by atomic mass is 9.72. The van der Waals surface area contributed by atoms with Gasteiger partial charge in [0.15, 0.2) is 0 Å². The van der Waals surface area contributed by atoms with E-state index in [4.69, 9.17) is 5.73 Å². The van der Waals surface area contributed by atoms with Crippen LogP contribution < -0.4 is 5.73 Å². The largest absolute Gasteiger partial charge is 0.398 e. The van der Waals surface area contributed by atoms with E-state index >= 15 is 0 Å². The van der Waals surface area contributed by atoms with Gasteiger partial charge in [0.1, 0.15) is 0 Å². The van der Waals surface area contributed by atoms with Crippen molar-refractivity contribution in [2.45, 2.75) is 83.1 Å². The highest BCUT2D eigenvalue weighted by atomic mass is 15.3. The first-order chi connectivity index (χ1) is 14.6. The van der Waals surface area contributed by atoms with Crippen LogP contribution in [0.15, 0.2) is 24.3 Å². The molecular formula is C27H41N3. The smallest absolute Gasteiger partial charge is 0.0461 e. The summed E-state index contributed by atoms with van der Waals surface area (Å²) in [4.78, 5) is 5.42. The summed E-state index contributed by atoms with van der Waals surface area (Å²) >= 11 is 0. The molecule has 30 heavy (non-hydrogen) atoms. The summed E-state index contributed by atoms with van der Waals surface area (Å²) in [5, 5.41) is 0. The van der Waals surface area contributed by atoms with Crippen LogP contribution in [-0.4, -0.2) is 42.5 Å². The highest BCUT2D eigenvalue weighted by Crippen LogP contribution is 2.51. The molecule has 0 unspecified atom stereocenters. The molecule has 4 aliphatic rings. The van der Waals surface area contributed by atoms with Crippen LogP contribution in [0.3, 0.4) is 0 Å². The van der Waals surface area contributed by atoms with Crippen LogP contribution >= 0.6 is 0 Å². The van der Waals surface area contributed by atoms with Gasteiger partial charge in [0, 0.05) is 43.0 Å². The number of anilines is 1. The molecule has 1 saturated heterocycles. The van der Waals surface area contributed by atoms with Gasteiger partial charge in [0.05, 0.1) is 0 Å². The van der Waals surface area contributed by atoms with Crippen LogP contribution in [0.5, 0.6) is 0 Å². The lowest BCUT2D eigenvalue weighted by molar-refractivity contribution is 0.0339. The highest BCUT2D eigenvalue weighted by molar-refractivity contribution is 5.76. The number of benzene rings is 1. The van der Waals surface area contributed by atoms with E-state index in [1.54, 1.807) is 0 Å². The van der Waals surface area contributed by atoms with Gasteiger partial charge in [-0.15, -0.1) is 0 Å². The fourth-order valence-electron chi connectivity index (χ4n) is 7.13. The van der Waals surface area contributed by atoms with Crippen LogP contribution in [0.25, 0.3) is 5.57 Å². The fraction of sp³-hybridized carbons (Fsp3) is 0.704. The summed E-state index contributed by atoms with van der Waals surface area (Å²) in [6.07, 6.45) is 17.5. The van der Waals surface area contributed by atoms with Gasteiger partial charge in [-0.1, -0.05) is 44.7 Å². The second-order valence-corrected chi connectivity index (χ2v) is 10.6. The molecule has 2 saturated carbocycles. The zero-order valence-corrected chi connectivity index (χ0v) is 19.1. The van der Waals surface area contributed by atoms with Crippen LogP contribution in [0.2, 0.25) is 0 Å². The molecule has 3 nitrogen and oxygen atoms in total. The molecule has 3 fully saturated rings. The third kappa shape index (κ3) is 3.62. The molecule has 1 heterocycles. The Balaban J connectivity index is 1.42. The number of nitrogens with zero attached hydrogens (tertiary/aromatic N) is 2. The second-order valence-electron chi connectivity index (χ2n) is 10.6. The monoisotopic (exact) mass is 407 g/mol. The third-order valence-corrected chi connectivity index (χ3v) is 9.16. The summed E-state index contributed by atoms with van der Waals surface area (Å²) in [7, 11) is 0. The number of hydrogen-bond acceptors (Lipinski definition) is 3. The molecule has 0 atom stereocenters. The van der Waals surface area contributed by atoms with Crippen LogP contribution in [-0.2, 0) is 5.54 Å². The van der Waals surface area contributed by atoms with Gasteiger partial charge in [-0.2, -0.15) is 0 Å². The topological polar surface area (TPSA) is 32.5 Å². The normalized spacial score (nSPS) is 26.9. The van der Waals surface area contributed by atoms with Crippen molar-refractivity contribution in [3.63, 3.8) is 0 Å². The lowest BCUT2D eigenvalue weighted by Gasteiger charge is -2.46. The van der Waals surface area contributed by atoms with Gasteiger partial charge in [-0.25, -0.2) is 0 Å². The summed E-state index contributed by atoms with van der Waals surface area (Å²) in [6, 6.07) is 7.08. The first kappa shape index (κ1) is 20.6. The summed E-state index contributed by atoms with van der Waals surface area (Å²) < 4.78 is 0. The van der Waals surface area contributed by atoms with Crippen molar-refractivity contribution in [2.75, 3.05) is 38.5 Å². The minimum Gasteiger partial charge on any atom is -0.398 e. The van der Waals surface area contributed by atoms with Crippen molar-refractivity contribution in [1.29, 1.82) is 0 Å². The highest BCUT2D eigenvalue weighted by Gasteiger charge is 2.42. The number of allylic oxidation sites excluding steroid dienone is 2. The quantitative estimate of drug-likeness (QED) is 0.640. The van der Waals surface area contributed by atoms with E-state index < -0.39 is 0 Å². The van der Waals surface area contributed by atoms with E-state index in [1.165, 1.54) is 120 Å². The first-order valence-electron chi connectivity index (χ1n) is 12.7. The van der Waals surface area contributed by atoms with Crippen molar-refractivity contribution in [1.82, 2.24) is 9.80 Å². The molecule has 0 aromatic heterocycles. The van der Waals surface area contributed by atoms with Crippen molar-refractivity contribution in [3.8, 4) is 0 Å². The molecule has 1 aromatic carbocycles. The van der Waals surface area contributed by atoms with Gasteiger partial charge >= 0.3 is 0 Å². The molecule has 1 spiro atoms. The van der Waals surface area contributed by atoms with E-state index in [1.807, 2.05) is 0 Å². The lowest BCUT2D eigenvalue weighted by Crippen LogP contribution is -2.54. The molecule has 3 heteroatoms. The molecule has 0 radical (unpaired) electrons. The Hall–Kier alpha value is -1.32. The Bertz CT molecular complexity index is 775. The third-order valence-electron chi connectivity index (χ3n) is 9.16. The van der Waals surface area contributed by atoms with E-state index in [0.29, 0.717) is 5.41 Å². The zero-order valence-electron chi connectivity index (χ0n) is 19.1. The Kier molecular flexibility index (Phi) is 5.70.